The molecule has 0 atom stereocenters. The molecule has 1 aromatic carbocycles. The van der Waals surface area contributed by atoms with E-state index in [0.717, 1.165) is 0 Å². The largest absolute Gasteiger partial charge is 0.490 e. The van der Waals surface area contributed by atoms with Crippen LogP contribution in [0.25, 0.3) is 6.08 Å². The summed E-state index contributed by atoms with van der Waals surface area (Å²) in [6.07, 6.45) is 3.07. The van der Waals surface area contributed by atoms with Crippen molar-refractivity contribution < 1.29 is 23.0 Å². The number of carbonyl (C=O) groups excluding carboxylic acids is 1. The first-order valence-electron chi connectivity index (χ1n) is 7.20. The molecule has 0 aliphatic carbocycles. The van der Waals surface area contributed by atoms with E-state index in [-0.39, 0.29) is 17.4 Å². The summed E-state index contributed by atoms with van der Waals surface area (Å²) in [6, 6.07) is 4.55. The Kier molecular flexibility index (Phi) is 7.36. The first-order valence-corrected chi connectivity index (χ1v) is 7.20. The number of ether oxygens (including phenoxy) is 2. The van der Waals surface area contributed by atoms with Gasteiger partial charge in [0.05, 0.1) is 6.61 Å². The molecular formula is C16H21F2NO3. The Balaban J connectivity index is 2.92. The summed E-state index contributed by atoms with van der Waals surface area (Å²) in [5.74, 6) is 0.0974. The minimum atomic E-state index is -2.91. The molecule has 1 amide bonds. The zero-order chi connectivity index (χ0) is 16.5. The average Bonchev–Trinajstić information content (AvgIpc) is 2.48. The van der Waals surface area contributed by atoms with Crippen LogP contribution >= 0.6 is 0 Å². The minimum Gasteiger partial charge on any atom is -0.490 e. The molecule has 0 fully saturated rings. The Bertz CT molecular complexity index is 514. The SMILES string of the molecule is CCOc1cc(C=CC(=O)N(CC)CC)ccc1OC(F)F. The van der Waals surface area contributed by atoms with E-state index < -0.39 is 6.61 Å². The molecule has 0 radical (unpaired) electrons. The maximum atomic E-state index is 12.3. The highest BCUT2D eigenvalue weighted by Crippen LogP contribution is 2.30. The highest BCUT2D eigenvalue weighted by molar-refractivity contribution is 5.91. The van der Waals surface area contributed by atoms with Crippen molar-refractivity contribution in [3.63, 3.8) is 0 Å². The second-order valence-corrected chi connectivity index (χ2v) is 4.36. The number of hydrogen-bond acceptors (Lipinski definition) is 3. The van der Waals surface area contributed by atoms with Crippen LogP contribution in [0.2, 0.25) is 0 Å². The number of nitrogens with zero attached hydrogens (tertiary/aromatic N) is 1. The summed E-state index contributed by atoms with van der Waals surface area (Å²) in [4.78, 5) is 13.6. The first-order chi connectivity index (χ1) is 10.5. The lowest BCUT2D eigenvalue weighted by Gasteiger charge is -2.16. The number of rotatable bonds is 8. The van der Waals surface area contributed by atoms with Gasteiger partial charge in [0.15, 0.2) is 11.5 Å². The first kappa shape index (κ1) is 17.9. The van der Waals surface area contributed by atoms with Crippen molar-refractivity contribution in [2.24, 2.45) is 0 Å². The molecule has 0 aromatic heterocycles. The molecule has 22 heavy (non-hydrogen) atoms. The molecule has 0 heterocycles. The second kappa shape index (κ2) is 9.02. The van der Waals surface area contributed by atoms with Gasteiger partial charge in [-0.2, -0.15) is 8.78 Å². The van der Waals surface area contributed by atoms with Gasteiger partial charge in [0.2, 0.25) is 5.91 Å². The monoisotopic (exact) mass is 313 g/mol. The molecule has 122 valence electrons. The molecule has 0 saturated carbocycles. The quantitative estimate of drug-likeness (QED) is 0.689. The van der Waals surface area contributed by atoms with Crippen molar-refractivity contribution in [2.75, 3.05) is 19.7 Å². The van der Waals surface area contributed by atoms with E-state index in [0.29, 0.717) is 25.3 Å². The van der Waals surface area contributed by atoms with E-state index >= 15 is 0 Å². The summed E-state index contributed by atoms with van der Waals surface area (Å²) in [6.45, 7) is 4.22. The highest BCUT2D eigenvalue weighted by Gasteiger charge is 2.11. The molecule has 0 saturated heterocycles. The number of halogens is 2. The van der Waals surface area contributed by atoms with Crippen LogP contribution in [-0.4, -0.2) is 37.1 Å². The maximum Gasteiger partial charge on any atom is 0.387 e. The van der Waals surface area contributed by atoms with Crippen LogP contribution in [0, 0.1) is 0 Å². The van der Waals surface area contributed by atoms with Crippen LogP contribution in [0.15, 0.2) is 24.3 Å². The van der Waals surface area contributed by atoms with Crippen molar-refractivity contribution in [3.05, 3.63) is 29.8 Å². The summed E-state index contributed by atoms with van der Waals surface area (Å²) >= 11 is 0. The fraction of sp³-hybridized carbons (Fsp3) is 0.438. The molecule has 6 heteroatoms. The number of carbonyl (C=O) groups is 1. The fourth-order valence-electron chi connectivity index (χ4n) is 1.90. The molecule has 0 aliphatic heterocycles. The molecule has 1 aromatic rings. The second-order valence-electron chi connectivity index (χ2n) is 4.36. The lowest BCUT2D eigenvalue weighted by Crippen LogP contribution is -2.28. The molecule has 0 unspecified atom stereocenters. The molecule has 1 rings (SSSR count). The van der Waals surface area contributed by atoms with E-state index in [1.54, 1.807) is 30.0 Å². The van der Waals surface area contributed by atoms with E-state index in [9.17, 15) is 13.6 Å². The summed E-state index contributed by atoms with van der Waals surface area (Å²) in [7, 11) is 0. The Morgan fingerprint density at radius 3 is 2.45 bits per heavy atom. The zero-order valence-corrected chi connectivity index (χ0v) is 13.0. The van der Waals surface area contributed by atoms with E-state index in [4.69, 9.17) is 4.74 Å². The van der Waals surface area contributed by atoms with Gasteiger partial charge in [0.25, 0.3) is 0 Å². The van der Waals surface area contributed by atoms with Crippen LogP contribution in [0.1, 0.15) is 26.3 Å². The lowest BCUT2D eigenvalue weighted by molar-refractivity contribution is -0.125. The topological polar surface area (TPSA) is 38.8 Å². The standard InChI is InChI=1S/C16H21F2NO3/c1-4-19(5-2)15(20)10-8-12-7-9-13(22-16(17)18)14(11-12)21-6-3/h7-11,16H,4-6H2,1-3H3. The maximum absolute atomic E-state index is 12.3. The van der Waals surface area contributed by atoms with Gasteiger partial charge < -0.3 is 14.4 Å². The number of hydrogen-bond donors (Lipinski definition) is 0. The third kappa shape index (κ3) is 5.35. The van der Waals surface area contributed by atoms with Gasteiger partial charge in [0.1, 0.15) is 0 Å². The molecule has 4 nitrogen and oxygen atoms in total. The fourth-order valence-corrected chi connectivity index (χ4v) is 1.90. The third-order valence-electron chi connectivity index (χ3n) is 2.98. The Morgan fingerprint density at radius 1 is 1.23 bits per heavy atom. The van der Waals surface area contributed by atoms with Gasteiger partial charge in [0, 0.05) is 19.2 Å². The van der Waals surface area contributed by atoms with Gasteiger partial charge in [-0.05, 0) is 44.5 Å². The predicted molar refractivity (Wildman–Crippen MR) is 81.2 cm³/mol. The molecule has 0 bridgehead atoms. The van der Waals surface area contributed by atoms with Crippen molar-refractivity contribution in [3.8, 4) is 11.5 Å². The van der Waals surface area contributed by atoms with Crippen molar-refractivity contribution in [1.29, 1.82) is 0 Å². The average molecular weight is 313 g/mol. The predicted octanol–water partition coefficient (Wildman–Crippen LogP) is 3.57. The van der Waals surface area contributed by atoms with Crippen LogP contribution in [-0.2, 0) is 4.79 Å². The van der Waals surface area contributed by atoms with Crippen LogP contribution in [0.5, 0.6) is 11.5 Å². The van der Waals surface area contributed by atoms with E-state index in [2.05, 4.69) is 4.74 Å². The van der Waals surface area contributed by atoms with Gasteiger partial charge in [-0.15, -0.1) is 0 Å². The Labute approximate surface area is 129 Å². The number of alkyl halides is 2. The summed E-state index contributed by atoms with van der Waals surface area (Å²) in [5, 5.41) is 0. The number of amides is 1. The van der Waals surface area contributed by atoms with Gasteiger partial charge >= 0.3 is 6.61 Å². The zero-order valence-electron chi connectivity index (χ0n) is 13.0. The normalized spacial score (nSPS) is 11.0. The van der Waals surface area contributed by atoms with Crippen LogP contribution in [0.3, 0.4) is 0 Å². The third-order valence-corrected chi connectivity index (χ3v) is 2.98. The number of benzene rings is 1. The van der Waals surface area contributed by atoms with Crippen molar-refractivity contribution in [1.82, 2.24) is 4.90 Å². The Morgan fingerprint density at radius 2 is 1.91 bits per heavy atom. The van der Waals surface area contributed by atoms with Crippen molar-refractivity contribution in [2.45, 2.75) is 27.4 Å². The van der Waals surface area contributed by atoms with Gasteiger partial charge in [-0.3, -0.25) is 4.79 Å². The lowest BCUT2D eigenvalue weighted by atomic mass is 10.2. The molecule has 0 aliphatic rings. The van der Waals surface area contributed by atoms with E-state index in [1.165, 1.54) is 12.1 Å². The molecular weight excluding hydrogens is 292 g/mol. The highest BCUT2D eigenvalue weighted by atomic mass is 19.3. The summed E-state index contributed by atoms with van der Waals surface area (Å²) in [5.41, 5.74) is 0.672. The van der Waals surface area contributed by atoms with Crippen molar-refractivity contribution >= 4 is 12.0 Å². The van der Waals surface area contributed by atoms with Crippen LogP contribution in [0.4, 0.5) is 8.78 Å². The van der Waals surface area contributed by atoms with Crippen LogP contribution < -0.4 is 9.47 Å². The minimum absolute atomic E-state index is 0.0240. The molecule has 0 N–H and O–H groups in total. The number of likely N-dealkylation sites (N-methyl/N-ethyl adjacent to an activating group) is 1. The smallest absolute Gasteiger partial charge is 0.387 e. The van der Waals surface area contributed by atoms with E-state index in [1.807, 2.05) is 13.8 Å². The van der Waals surface area contributed by atoms with Gasteiger partial charge in [-0.1, -0.05) is 6.07 Å². The molecule has 0 spiro atoms. The van der Waals surface area contributed by atoms with Gasteiger partial charge in [-0.25, -0.2) is 0 Å². The Hall–Kier alpha value is -2.11. The summed E-state index contributed by atoms with van der Waals surface area (Å²) < 4.78 is 34.3.